The summed E-state index contributed by atoms with van der Waals surface area (Å²) in [5.74, 6) is -0.333. The van der Waals surface area contributed by atoms with Gasteiger partial charge in [0, 0.05) is 11.1 Å². The maximum atomic E-state index is 12.5. The van der Waals surface area contributed by atoms with E-state index in [0.29, 0.717) is 0 Å². The molecule has 0 atom stereocenters. The SMILES string of the molecule is C[N+](C)(C)Cc1ccc(F)cc1.C[N+](C)(C)Cc1ccc(F)cc1.O=P([O-])([O-])F. The van der Waals surface area contributed by atoms with Gasteiger partial charge >= 0.3 is 0 Å². The van der Waals surface area contributed by atoms with Crippen LogP contribution in [-0.2, 0) is 17.7 Å². The van der Waals surface area contributed by atoms with Gasteiger partial charge in [-0.1, -0.05) is 24.3 Å². The van der Waals surface area contributed by atoms with E-state index in [4.69, 9.17) is 14.4 Å². The standard InChI is InChI=1S/2C10H15FN.FH2O3P/c2*1-12(2,3)8-9-4-6-10(11)7-5-9;1-5(2,3)4/h2*4-7H,8H2,1-3H3;(H2,2,3,4)/q2*+1;/p-2. The molecule has 0 bridgehead atoms. The third-order valence-corrected chi connectivity index (χ3v) is 3.14. The summed E-state index contributed by atoms with van der Waals surface area (Å²) < 4.78 is 45.3. The fraction of sp³-hybridized carbons (Fsp3) is 0.400. The van der Waals surface area contributed by atoms with Crippen LogP contribution in [0.3, 0.4) is 0 Å². The van der Waals surface area contributed by atoms with Crippen LogP contribution < -0.4 is 9.79 Å². The van der Waals surface area contributed by atoms with Crippen molar-refractivity contribution >= 4 is 7.91 Å². The van der Waals surface area contributed by atoms with Gasteiger partial charge < -0.3 is 23.3 Å². The first-order valence-corrected chi connectivity index (χ1v) is 10.2. The Morgan fingerprint density at radius 1 is 0.690 bits per heavy atom. The van der Waals surface area contributed by atoms with Crippen LogP contribution >= 0.6 is 7.91 Å². The van der Waals surface area contributed by atoms with E-state index in [0.717, 1.165) is 22.1 Å². The molecule has 0 saturated heterocycles. The molecule has 5 nitrogen and oxygen atoms in total. The lowest BCUT2D eigenvalue weighted by Gasteiger charge is -2.23. The van der Waals surface area contributed by atoms with Gasteiger partial charge in [0.25, 0.3) is 0 Å². The molecule has 0 radical (unpaired) electrons. The van der Waals surface area contributed by atoms with E-state index in [9.17, 15) is 13.0 Å². The molecule has 0 spiro atoms. The quantitative estimate of drug-likeness (QED) is 0.549. The van der Waals surface area contributed by atoms with Gasteiger partial charge in [-0.2, -0.15) is 0 Å². The van der Waals surface area contributed by atoms with Crippen molar-refractivity contribution in [2.75, 3.05) is 42.3 Å². The molecule has 0 aliphatic rings. The van der Waals surface area contributed by atoms with Crippen molar-refractivity contribution in [1.82, 2.24) is 0 Å². The average molecular weight is 434 g/mol. The first kappa shape index (κ1) is 27.3. The van der Waals surface area contributed by atoms with Crippen molar-refractivity contribution in [2.24, 2.45) is 0 Å². The zero-order valence-electron chi connectivity index (χ0n) is 17.7. The highest BCUT2D eigenvalue weighted by Crippen LogP contribution is 2.22. The second-order valence-corrected chi connectivity index (χ2v) is 9.44. The summed E-state index contributed by atoms with van der Waals surface area (Å²) in [4.78, 5) is 16.9. The summed E-state index contributed by atoms with van der Waals surface area (Å²) in [5.41, 5.74) is 2.34. The number of hydrogen-bond donors (Lipinski definition) is 0. The second kappa shape index (κ2) is 11.5. The molecular weight excluding hydrogens is 404 g/mol. The molecule has 0 N–H and O–H groups in total. The lowest BCUT2D eigenvalue weighted by Crippen LogP contribution is -2.33. The van der Waals surface area contributed by atoms with Gasteiger partial charge in [0.2, 0.25) is 0 Å². The molecule has 2 aromatic rings. The molecule has 0 fully saturated rings. The Balaban J connectivity index is 0.000000442. The third-order valence-electron chi connectivity index (χ3n) is 3.14. The van der Waals surface area contributed by atoms with Gasteiger partial charge in [-0.05, 0) is 24.3 Å². The summed E-state index contributed by atoms with van der Waals surface area (Å²) in [6.45, 7) is 1.86. The van der Waals surface area contributed by atoms with E-state index in [1.165, 1.54) is 35.4 Å². The Morgan fingerprint density at radius 2 is 0.897 bits per heavy atom. The second-order valence-electron chi connectivity index (χ2n) is 8.58. The molecule has 0 aromatic heterocycles. The number of quaternary nitrogens is 2. The molecule has 0 saturated carbocycles. The van der Waals surface area contributed by atoms with Crippen LogP contribution in [0.5, 0.6) is 0 Å². The molecular formula is C20H30F3N2O3P. The van der Waals surface area contributed by atoms with Crippen molar-refractivity contribution in [3.63, 3.8) is 0 Å². The van der Waals surface area contributed by atoms with Crippen LogP contribution in [0.1, 0.15) is 11.1 Å². The van der Waals surface area contributed by atoms with Gasteiger partial charge in [-0.15, -0.1) is 0 Å². The highest BCUT2D eigenvalue weighted by atomic mass is 31.2. The fourth-order valence-corrected chi connectivity index (χ4v) is 2.28. The van der Waals surface area contributed by atoms with Crippen LogP contribution in [0.4, 0.5) is 13.0 Å². The third kappa shape index (κ3) is 19.4. The minimum atomic E-state index is -5.64. The molecule has 0 heterocycles. The van der Waals surface area contributed by atoms with Gasteiger partial charge in [-0.25, -0.2) is 13.0 Å². The minimum absolute atomic E-state index is 0.167. The summed E-state index contributed by atoms with van der Waals surface area (Å²) in [7, 11) is 7.05. The lowest BCUT2D eigenvalue weighted by molar-refractivity contribution is -0.884. The monoisotopic (exact) mass is 434 g/mol. The van der Waals surface area contributed by atoms with Crippen molar-refractivity contribution < 1.29 is 36.3 Å². The zero-order valence-corrected chi connectivity index (χ0v) is 18.6. The van der Waals surface area contributed by atoms with E-state index >= 15 is 0 Å². The number of benzene rings is 2. The van der Waals surface area contributed by atoms with Crippen molar-refractivity contribution in [1.29, 1.82) is 0 Å². The summed E-state index contributed by atoms with van der Waals surface area (Å²) in [6.07, 6.45) is 0. The molecule has 29 heavy (non-hydrogen) atoms. The summed E-state index contributed by atoms with van der Waals surface area (Å²) >= 11 is 0. The Kier molecular flexibility index (Phi) is 10.8. The maximum Gasteiger partial charge on any atom is 0.123 e. The van der Waals surface area contributed by atoms with Gasteiger partial charge in [0.1, 0.15) is 32.6 Å². The van der Waals surface area contributed by atoms with Gasteiger partial charge in [-0.3, -0.25) is 0 Å². The summed E-state index contributed by atoms with van der Waals surface area (Å²) in [5, 5.41) is 0. The molecule has 2 aromatic carbocycles. The molecule has 164 valence electrons. The topological polar surface area (TPSA) is 63.2 Å². The molecule has 0 aliphatic carbocycles. The van der Waals surface area contributed by atoms with Crippen molar-refractivity contribution in [2.45, 2.75) is 13.1 Å². The number of hydrogen-bond acceptors (Lipinski definition) is 3. The van der Waals surface area contributed by atoms with E-state index in [-0.39, 0.29) is 11.6 Å². The fourth-order valence-electron chi connectivity index (χ4n) is 2.28. The highest BCUT2D eigenvalue weighted by molar-refractivity contribution is 7.42. The Morgan fingerprint density at radius 3 is 1.07 bits per heavy atom. The number of rotatable bonds is 4. The predicted octanol–water partition coefficient (Wildman–Crippen LogP) is 2.85. The molecule has 0 amide bonds. The van der Waals surface area contributed by atoms with Gasteiger partial charge in [0.05, 0.1) is 42.3 Å². The maximum absolute atomic E-state index is 12.5. The first-order chi connectivity index (χ1) is 12.9. The van der Waals surface area contributed by atoms with Crippen LogP contribution in [0.25, 0.3) is 0 Å². The Hall–Kier alpha value is -1.70. The van der Waals surface area contributed by atoms with Crippen LogP contribution in [0, 0.1) is 11.6 Å². The minimum Gasteiger partial charge on any atom is -0.786 e. The van der Waals surface area contributed by atoms with Crippen molar-refractivity contribution in [3.8, 4) is 0 Å². The highest BCUT2D eigenvalue weighted by Gasteiger charge is 2.08. The van der Waals surface area contributed by atoms with E-state index < -0.39 is 7.91 Å². The van der Waals surface area contributed by atoms with E-state index in [1.807, 2.05) is 24.3 Å². The van der Waals surface area contributed by atoms with Crippen molar-refractivity contribution in [3.05, 3.63) is 71.3 Å². The van der Waals surface area contributed by atoms with Gasteiger partial charge in [0.15, 0.2) is 0 Å². The predicted molar refractivity (Wildman–Crippen MR) is 105 cm³/mol. The first-order valence-electron chi connectivity index (χ1n) is 8.76. The smallest absolute Gasteiger partial charge is 0.123 e. The molecule has 2 rings (SSSR count). The largest absolute Gasteiger partial charge is 0.786 e. The van der Waals surface area contributed by atoms with Crippen LogP contribution in [0.2, 0.25) is 0 Å². The van der Waals surface area contributed by atoms with E-state index in [2.05, 4.69) is 42.3 Å². The Bertz CT molecular complexity index is 700. The zero-order chi connectivity index (χ0) is 22.9. The van der Waals surface area contributed by atoms with Crippen LogP contribution in [0.15, 0.2) is 48.5 Å². The molecule has 0 aliphatic heterocycles. The molecule has 9 heteroatoms. The Labute approximate surface area is 171 Å². The average Bonchev–Trinajstić information content (AvgIpc) is 2.48. The number of halogens is 3. The van der Waals surface area contributed by atoms with E-state index in [1.54, 1.807) is 0 Å². The molecule has 0 unspecified atom stereocenters. The summed E-state index contributed by atoms with van der Waals surface area (Å²) in [6, 6.07) is 13.3. The lowest BCUT2D eigenvalue weighted by atomic mass is 10.2. The van der Waals surface area contributed by atoms with Crippen LogP contribution in [-0.4, -0.2) is 51.3 Å². The number of nitrogens with zero attached hydrogens (tertiary/aromatic N) is 2. The normalized spacial score (nSPS) is 11.7.